The number of carbonyl (C=O) groups is 2. The maximum atomic E-state index is 12.3. The first-order valence-electron chi connectivity index (χ1n) is 7.43. The van der Waals surface area contributed by atoms with Gasteiger partial charge >= 0.3 is 6.09 Å². The van der Waals surface area contributed by atoms with Crippen LogP contribution >= 0.6 is 0 Å². The van der Waals surface area contributed by atoms with Crippen molar-refractivity contribution >= 4 is 11.9 Å². The first-order chi connectivity index (χ1) is 10.3. The van der Waals surface area contributed by atoms with Crippen molar-refractivity contribution in [1.29, 1.82) is 0 Å². The number of hydrogen-bond acceptors (Lipinski definition) is 5. The Labute approximate surface area is 130 Å². The van der Waals surface area contributed by atoms with E-state index in [1.54, 1.807) is 24.0 Å². The number of aryl methyl sites for hydroxylation is 1. The van der Waals surface area contributed by atoms with E-state index in [4.69, 9.17) is 13.9 Å². The Hall–Kier alpha value is -1.82. The van der Waals surface area contributed by atoms with Gasteiger partial charge in [0.05, 0.1) is 19.3 Å². The number of nitrogens with zero attached hydrogens (tertiary/aromatic N) is 1. The minimum atomic E-state index is -0.567. The minimum Gasteiger partial charge on any atom is -0.458 e. The van der Waals surface area contributed by atoms with Crippen LogP contribution in [-0.4, -0.2) is 48.2 Å². The highest BCUT2D eigenvalue weighted by atomic mass is 16.6. The summed E-state index contributed by atoms with van der Waals surface area (Å²) in [5.74, 6) is 0.858. The van der Waals surface area contributed by atoms with Crippen LogP contribution in [-0.2, 0) is 9.47 Å². The van der Waals surface area contributed by atoms with Crippen LogP contribution in [0.15, 0.2) is 16.5 Å². The van der Waals surface area contributed by atoms with Crippen molar-refractivity contribution in [2.45, 2.75) is 45.8 Å². The molecule has 1 fully saturated rings. The lowest BCUT2D eigenvalue weighted by Crippen LogP contribution is -2.51. The third kappa shape index (κ3) is 4.34. The fraction of sp³-hybridized carbons (Fsp3) is 0.625. The van der Waals surface area contributed by atoms with Gasteiger partial charge < -0.3 is 18.8 Å². The van der Waals surface area contributed by atoms with E-state index in [0.29, 0.717) is 31.3 Å². The van der Waals surface area contributed by atoms with Crippen LogP contribution < -0.4 is 0 Å². The Kier molecular flexibility index (Phi) is 4.90. The zero-order valence-corrected chi connectivity index (χ0v) is 13.5. The minimum absolute atomic E-state index is 0.142. The van der Waals surface area contributed by atoms with Crippen molar-refractivity contribution in [3.63, 3.8) is 0 Å². The van der Waals surface area contributed by atoms with E-state index < -0.39 is 11.7 Å². The van der Waals surface area contributed by atoms with Crippen LogP contribution in [0.25, 0.3) is 0 Å². The quantitative estimate of drug-likeness (QED) is 0.803. The third-order valence-corrected chi connectivity index (χ3v) is 3.29. The Balaban J connectivity index is 2.03. The Morgan fingerprint density at radius 3 is 2.68 bits per heavy atom. The average molecular weight is 309 g/mol. The van der Waals surface area contributed by atoms with Gasteiger partial charge in [-0.3, -0.25) is 4.79 Å². The van der Waals surface area contributed by atoms with Gasteiger partial charge in [-0.1, -0.05) is 0 Å². The number of ketones is 1. The van der Waals surface area contributed by atoms with Crippen molar-refractivity contribution in [3.8, 4) is 0 Å². The van der Waals surface area contributed by atoms with E-state index in [0.717, 1.165) is 0 Å². The molecule has 0 radical (unpaired) electrons. The molecule has 1 aliphatic rings. The second kappa shape index (κ2) is 6.52. The molecule has 1 unspecified atom stereocenters. The van der Waals surface area contributed by atoms with Gasteiger partial charge in [0.2, 0.25) is 0 Å². The third-order valence-electron chi connectivity index (χ3n) is 3.29. The molecule has 2 heterocycles. The summed E-state index contributed by atoms with van der Waals surface area (Å²) in [6.45, 7) is 8.43. The van der Waals surface area contributed by atoms with Gasteiger partial charge in [0.25, 0.3) is 0 Å². The molecule has 0 spiro atoms. The van der Waals surface area contributed by atoms with Gasteiger partial charge in [-0.25, -0.2) is 4.79 Å². The zero-order chi connectivity index (χ0) is 16.3. The Morgan fingerprint density at radius 2 is 2.09 bits per heavy atom. The molecule has 0 saturated carbocycles. The van der Waals surface area contributed by atoms with Crippen LogP contribution in [0.5, 0.6) is 0 Å². The van der Waals surface area contributed by atoms with Gasteiger partial charge in [0.1, 0.15) is 11.4 Å². The molecule has 6 nitrogen and oxygen atoms in total. The number of carbonyl (C=O) groups excluding carboxylic acids is 2. The van der Waals surface area contributed by atoms with E-state index in [1.807, 2.05) is 20.8 Å². The fourth-order valence-electron chi connectivity index (χ4n) is 2.28. The number of morpholine rings is 1. The molecule has 1 atom stereocenters. The average Bonchev–Trinajstić information content (AvgIpc) is 2.84. The van der Waals surface area contributed by atoms with E-state index in [9.17, 15) is 9.59 Å². The summed E-state index contributed by atoms with van der Waals surface area (Å²) in [5, 5.41) is 0. The van der Waals surface area contributed by atoms with Crippen molar-refractivity contribution in [3.05, 3.63) is 23.7 Å². The second-order valence-electron chi connectivity index (χ2n) is 6.44. The summed E-state index contributed by atoms with van der Waals surface area (Å²) >= 11 is 0. The van der Waals surface area contributed by atoms with Crippen molar-refractivity contribution in [2.24, 2.45) is 0 Å². The second-order valence-corrected chi connectivity index (χ2v) is 6.44. The van der Waals surface area contributed by atoms with E-state index in [-0.39, 0.29) is 18.2 Å². The number of rotatable bonds is 3. The van der Waals surface area contributed by atoms with Gasteiger partial charge in [-0.05, 0) is 39.8 Å². The standard InChI is InChI=1S/C16H23NO5/c1-11-5-6-14(21-11)13(18)9-12-10-20-8-7-17(12)15(19)22-16(2,3)4/h5-6,12H,7-10H2,1-4H3. The fourth-order valence-corrected chi connectivity index (χ4v) is 2.28. The first kappa shape index (κ1) is 16.5. The maximum absolute atomic E-state index is 12.3. The summed E-state index contributed by atoms with van der Waals surface area (Å²) in [7, 11) is 0. The predicted octanol–water partition coefficient (Wildman–Crippen LogP) is 2.80. The molecule has 1 amide bonds. The summed E-state index contributed by atoms with van der Waals surface area (Å²) < 4.78 is 16.1. The molecule has 2 rings (SSSR count). The molecule has 0 N–H and O–H groups in total. The van der Waals surface area contributed by atoms with Gasteiger partial charge in [-0.2, -0.15) is 0 Å². The normalized spacial score (nSPS) is 19.1. The molecular weight excluding hydrogens is 286 g/mol. The zero-order valence-electron chi connectivity index (χ0n) is 13.5. The molecule has 22 heavy (non-hydrogen) atoms. The SMILES string of the molecule is Cc1ccc(C(=O)CC2COCCN2C(=O)OC(C)(C)C)o1. The predicted molar refractivity (Wildman–Crippen MR) is 79.9 cm³/mol. The van der Waals surface area contributed by atoms with Crippen LogP contribution in [0.1, 0.15) is 43.5 Å². The van der Waals surface area contributed by atoms with Crippen molar-refractivity contribution in [2.75, 3.05) is 19.8 Å². The topological polar surface area (TPSA) is 69.0 Å². The van der Waals surface area contributed by atoms with E-state index >= 15 is 0 Å². The van der Waals surface area contributed by atoms with E-state index in [1.165, 1.54) is 0 Å². The van der Waals surface area contributed by atoms with E-state index in [2.05, 4.69) is 0 Å². The Morgan fingerprint density at radius 1 is 1.36 bits per heavy atom. The van der Waals surface area contributed by atoms with Gasteiger partial charge in [-0.15, -0.1) is 0 Å². The van der Waals surface area contributed by atoms with Crippen LogP contribution in [0.4, 0.5) is 4.79 Å². The molecule has 1 aliphatic heterocycles. The summed E-state index contributed by atoms with van der Waals surface area (Å²) in [5.41, 5.74) is -0.567. The number of hydrogen-bond donors (Lipinski definition) is 0. The van der Waals surface area contributed by atoms with Crippen LogP contribution in [0.3, 0.4) is 0 Å². The monoisotopic (exact) mass is 309 g/mol. The molecule has 1 aromatic heterocycles. The number of amides is 1. The highest BCUT2D eigenvalue weighted by molar-refractivity contribution is 5.94. The lowest BCUT2D eigenvalue weighted by Gasteiger charge is -2.36. The number of ether oxygens (including phenoxy) is 2. The molecule has 0 aliphatic carbocycles. The van der Waals surface area contributed by atoms with Gasteiger partial charge in [0.15, 0.2) is 11.5 Å². The highest BCUT2D eigenvalue weighted by Gasteiger charge is 2.33. The van der Waals surface area contributed by atoms with Crippen molar-refractivity contribution < 1.29 is 23.5 Å². The van der Waals surface area contributed by atoms with Crippen molar-refractivity contribution in [1.82, 2.24) is 4.90 Å². The largest absolute Gasteiger partial charge is 0.458 e. The molecule has 1 aromatic rings. The van der Waals surface area contributed by atoms with Gasteiger partial charge in [0, 0.05) is 13.0 Å². The molecule has 122 valence electrons. The summed E-state index contributed by atoms with van der Waals surface area (Å²) in [4.78, 5) is 26.1. The molecule has 0 aromatic carbocycles. The molecule has 0 bridgehead atoms. The number of Topliss-reactive ketones (excluding diaryl/α,β-unsaturated/α-hetero) is 1. The number of furan rings is 1. The molecule has 1 saturated heterocycles. The summed E-state index contributed by atoms with van der Waals surface area (Å²) in [6, 6.07) is 3.07. The lowest BCUT2D eigenvalue weighted by atomic mass is 10.1. The molecule has 6 heteroatoms. The van der Waals surface area contributed by atoms with Crippen LogP contribution in [0.2, 0.25) is 0 Å². The molecular formula is C16H23NO5. The van der Waals surface area contributed by atoms with Crippen LogP contribution in [0, 0.1) is 6.92 Å². The smallest absolute Gasteiger partial charge is 0.410 e. The highest BCUT2D eigenvalue weighted by Crippen LogP contribution is 2.19. The lowest BCUT2D eigenvalue weighted by molar-refractivity contribution is -0.0323. The summed E-state index contributed by atoms with van der Waals surface area (Å²) in [6.07, 6.45) is -0.254. The first-order valence-corrected chi connectivity index (χ1v) is 7.43. The maximum Gasteiger partial charge on any atom is 0.410 e. The Bertz CT molecular complexity index is 543.